The minimum absolute atomic E-state index is 0.252. The van der Waals surface area contributed by atoms with E-state index in [2.05, 4.69) is 15.1 Å². The van der Waals surface area contributed by atoms with Gasteiger partial charge in [0.2, 0.25) is 0 Å². The maximum atomic E-state index is 13.7. The number of hydrogen-bond acceptors (Lipinski definition) is 4. The van der Waals surface area contributed by atoms with Crippen molar-refractivity contribution in [2.45, 2.75) is 13.3 Å². The van der Waals surface area contributed by atoms with Crippen LogP contribution < -0.4 is 0 Å². The highest BCUT2D eigenvalue weighted by atomic mass is 19.1. The molecule has 1 N–H and O–H groups in total. The van der Waals surface area contributed by atoms with Gasteiger partial charge in [0.05, 0.1) is 0 Å². The molecule has 0 aliphatic rings. The number of carbonyl (C=O) groups excluding carboxylic acids is 1. The summed E-state index contributed by atoms with van der Waals surface area (Å²) in [4.78, 5) is 21.6. The molecule has 4 aromatic rings. The Balaban J connectivity index is 1.42. The molecule has 28 heavy (non-hydrogen) atoms. The molecular weight excluding hydrogens is 359 g/mol. The lowest BCUT2D eigenvalue weighted by atomic mass is 10.1. The van der Waals surface area contributed by atoms with E-state index in [1.165, 1.54) is 11.0 Å². The van der Waals surface area contributed by atoms with Gasteiger partial charge in [0.25, 0.3) is 11.8 Å². The molecule has 0 atom stereocenters. The third-order valence-corrected chi connectivity index (χ3v) is 4.66. The summed E-state index contributed by atoms with van der Waals surface area (Å²) in [5.74, 6) is 0.266. The molecule has 0 bridgehead atoms. The molecule has 0 saturated heterocycles. The van der Waals surface area contributed by atoms with E-state index in [1.807, 2.05) is 30.3 Å². The van der Waals surface area contributed by atoms with Crippen LogP contribution in [0.5, 0.6) is 0 Å². The first kappa shape index (κ1) is 17.9. The maximum absolute atomic E-state index is 13.7. The van der Waals surface area contributed by atoms with Gasteiger partial charge in [0.15, 0.2) is 5.82 Å². The molecule has 0 spiro atoms. The molecule has 0 saturated carbocycles. The molecule has 0 radical (unpaired) electrons. The average molecular weight is 378 g/mol. The number of amides is 1. The molecule has 2 heterocycles. The number of hydrogen-bond donors (Lipinski definition) is 1. The Morgan fingerprint density at radius 2 is 2.04 bits per heavy atom. The quantitative estimate of drug-likeness (QED) is 0.570. The molecule has 7 heteroatoms. The van der Waals surface area contributed by atoms with Gasteiger partial charge in [-0.25, -0.2) is 4.39 Å². The van der Waals surface area contributed by atoms with E-state index in [0.717, 1.165) is 16.6 Å². The van der Waals surface area contributed by atoms with Crippen molar-refractivity contribution >= 4 is 16.8 Å². The number of nitrogens with one attached hydrogen (secondary N) is 1. The average Bonchev–Trinajstić information content (AvgIpc) is 3.34. The second kappa shape index (κ2) is 7.26. The van der Waals surface area contributed by atoms with Crippen LogP contribution in [0.2, 0.25) is 0 Å². The van der Waals surface area contributed by atoms with Crippen molar-refractivity contribution in [1.29, 1.82) is 0 Å². The summed E-state index contributed by atoms with van der Waals surface area (Å²) in [6.45, 7) is 2.05. The summed E-state index contributed by atoms with van der Waals surface area (Å²) in [5, 5.41) is 5.05. The van der Waals surface area contributed by atoms with Crippen molar-refractivity contribution in [2.24, 2.45) is 0 Å². The largest absolute Gasteiger partial charge is 0.351 e. The van der Waals surface area contributed by atoms with Crippen molar-refractivity contribution in [2.75, 3.05) is 13.6 Å². The van der Waals surface area contributed by atoms with Crippen LogP contribution in [0.1, 0.15) is 21.7 Å². The number of carbonyl (C=O) groups is 1. The van der Waals surface area contributed by atoms with E-state index in [1.54, 1.807) is 26.1 Å². The summed E-state index contributed by atoms with van der Waals surface area (Å²) < 4.78 is 19.0. The van der Waals surface area contributed by atoms with Crippen LogP contribution in [0.15, 0.2) is 53.1 Å². The number of H-pyrrole nitrogens is 1. The molecule has 0 fully saturated rings. The van der Waals surface area contributed by atoms with Crippen LogP contribution in [0.4, 0.5) is 4.39 Å². The van der Waals surface area contributed by atoms with Crippen molar-refractivity contribution < 1.29 is 13.7 Å². The fourth-order valence-electron chi connectivity index (χ4n) is 2.97. The van der Waals surface area contributed by atoms with E-state index >= 15 is 0 Å². The monoisotopic (exact) mass is 378 g/mol. The highest BCUT2D eigenvalue weighted by Crippen LogP contribution is 2.22. The standard InChI is InChI=1S/C21H19FN4O2/c1-13-7-8-15(11-16(13)22)21(27)26(2)10-9-19-24-20(28-25-19)18-12-14-5-3-4-6-17(14)23-18/h3-8,11-12,23H,9-10H2,1-2H3. The Morgan fingerprint density at radius 1 is 1.21 bits per heavy atom. The fraction of sp³-hybridized carbons (Fsp3) is 0.190. The number of rotatable bonds is 5. The lowest BCUT2D eigenvalue weighted by Crippen LogP contribution is -2.29. The van der Waals surface area contributed by atoms with Crippen LogP contribution in [-0.2, 0) is 6.42 Å². The Morgan fingerprint density at radius 3 is 2.82 bits per heavy atom. The number of nitrogens with zero attached hydrogens (tertiary/aromatic N) is 3. The van der Waals surface area contributed by atoms with Crippen LogP contribution in [0.25, 0.3) is 22.5 Å². The lowest BCUT2D eigenvalue weighted by Gasteiger charge is -2.16. The zero-order valence-electron chi connectivity index (χ0n) is 15.6. The van der Waals surface area contributed by atoms with E-state index in [0.29, 0.717) is 35.8 Å². The number of likely N-dealkylation sites (N-methyl/N-ethyl adjacent to an activating group) is 1. The van der Waals surface area contributed by atoms with Crippen LogP contribution in [-0.4, -0.2) is 39.5 Å². The van der Waals surface area contributed by atoms with Crippen LogP contribution in [0.3, 0.4) is 0 Å². The molecule has 0 aliphatic carbocycles. The predicted molar refractivity (Wildman–Crippen MR) is 103 cm³/mol. The highest BCUT2D eigenvalue weighted by Gasteiger charge is 2.16. The topological polar surface area (TPSA) is 75.0 Å². The van der Waals surface area contributed by atoms with E-state index in [4.69, 9.17) is 4.52 Å². The number of benzene rings is 2. The molecule has 142 valence electrons. The van der Waals surface area contributed by atoms with Gasteiger partial charge >= 0.3 is 0 Å². The van der Waals surface area contributed by atoms with E-state index in [-0.39, 0.29) is 11.7 Å². The molecule has 1 amide bonds. The molecular formula is C21H19FN4O2. The zero-order chi connectivity index (χ0) is 19.7. The van der Waals surface area contributed by atoms with Crippen molar-refractivity contribution in [3.05, 3.63) is 71.3 Å². The number of halogens is 1. The van der Waals surface area contributed by atoms with Crippen molar-refractivity contribution in [3.63, 3.8) is 0 Å². The molecule has 0 unspecified atom stereocenters. The van der Waals surface area contributed by atoms with Crippen LogP contribution in [0, 0.1) is 12.7 Å². The fourth-order valence-corrected chi connectivity index (χ4v) is 2.97. The van der Waals surface area contributed by atoms with Crippen molar-refractivity contribution in [3.8, 4) is 11.6 Å². The minimum atomic E-state index is -0.389. The van der Waals surface area contributed by atoms with Gasteiger partial charge < -0.3 is 14.4 Å². The van der Waals surface area contributed by atoms with Gasteiger partial charge in [-0.1, -0.05) is 29.4 Å². The third-order valence-electron chi connectivity index (χ3n) is 4.66. The minimum Gasteiger partial charge on any atom is -0.351 e. The summed E-state index contributed by atoms with van der Waals surface area (Å²) in [5.41, 5.74) is 2.57. The summed E-state index contributed by atoms with van der Waals surface area (Å²) in [6, 6.07) is 14.3. The highest BCUT2D eigenvalue weighted by molar-refractivity contribution is 5.94. The number of aryl methyl sites for hydroxylation is 1. The molecule has 2 aromatic carbocycles. The number of fused-ring (bicyclic) bond motifs is 1. The number of aromatic nitrogens is 3. The van der Waals surface area contributed by atoms with Gasteiger partial charge in [-0.2, -0.15) is 4.98 Å². The molecule has 6 nitrogen and oxygen atoms in total. The predicted octanol–water partition coefficient (Wildman–Crippen LogP) is 3.98. The second-order valence-corrected chi connectivity index (χ2v) is 6.73. The maximum Gasteiger partial charge on any atom is 0.274 e. The van der Waals surface area contributed by atoms with Crippen molar-refractivity contribution in [1.82, 2.24) is 20.0 Å². The van der Waals surface area contributed by atoms with Gasteiger partial charge in [0, 0.05) is 36.5 Å². The van der Waals surface area contributed by atoms with E-state index in [9.17, 15) is 9.18 Å². The Labute approximate surface area is 161 Å². The first-order valence-corrected chi connectivity index (χ1v) is 8.93. The first-order valence-electron chi connectivity index (χ1n) is 8.93. The SMILES string of the molecule is Cc1ccc(C(=O)N(C)CCc2noc(-c3cc4ccccc4[nH]3)n2)cc1F. The Bertz CT molecular complexity index is 1120. The second-order valence-electron chi connectivity index (χ2n) is 6.73. The molecule has 0 aliphatic heterocycles. The van der Waals surface area contributed by atoms with Gasteiger partial charge in [0.1, 0.15) is 11.5 Å². The van der Waals surface area contributed by atoms with Gasteiger partial charge in [-0.15, -0.1) is 0 Å². The molecule has 2 aromatic heterocycles. The smallest absolute Gasteiger partial charge is 0.274 e. The number of aromatic amines is 1. The van der Waals surface area contributed by atoms with Gasteiger partial charge in [-0.05, 0) is 36.8 Å². The number of para-hydroxylation sites is 1. The summed E-state index contributed by atoms with van der Waals surface area (Å²) >= 11 is 0. The van der Waals surface area contributed by atoms with Gasteiger partial charge in [-0.3, -0.25) is 4.79 Å². The van der Waals surface area contributed by atoms with E-state index < -0.39 is 0 Å². The molecule has 4 rings (SSSR count). The normalized spacial score (nSPS) is 11.1. The van der Waals surface area contributed by atoms with Crippen LogP contribution >= 0.6 is 0 Å². The first-order chi connectivity index (χ1) is 13.5. The Kier molecular flexibility index (Phi) is 4.65. The summed E-state index contributed by atoms with van der Waals surface area (Å²) in [6.07, 6.45) is 0.431. The zero-order valence-corrected chi connectivity index (χ0v) is 15.6. The summed E-state index contributed by atoms with van der Waals surface area (Å²) in [7, 11) is 1.67. The Hall–Kier alpha value is -3.48. The third kappa shape index (κ3) is 3.51. The lowest BCUT2D eigenvalue weighted by molar-refractivity contribution is 0.0795.